The van der Waals surface area contributed by atoms with E-state index in [9.17, 15) is 4.79 Å². The predicted octanol–water partition coefficient (Wildman–Crippen LogP) is 1.31. The first kappa shape index (κ1) is 14.5. The van der Waals surface area contributed by atoms with E-state index < -0.39 is 0 Å². The molecule has 1 aliphatic carbocycles. The van der Waals surface area contributed by atoms with Crippen molar-refractivity contribution < 1.29 is 14.6 Å². The highest BCUT2D eigenvalue weighted by Gasteiger charge is 2.28. The Labute approximate surface area is 104 Å². The fourth-order valence-corrected chi connectivity index (χ4v) is 2.27. The molecule has 1 aliphatic rings. The van der Waals surface area contributed by atoms with Crippen LogP contribution in [0.5, 0.6) is 0 Å². The molecule has 1 rings (SSSR count). The highest BCUT2D eigenvalue weighted by molar-refractivity contribution is 5.69. The van der Waals surface area contributed by atoms with Gasteiger partial charge in [-0.1, -0.05) is 13.8 Å². The van der Waals surface area contributed by atoms with Crippen molar-refractivity contribution in [3.05, 3.63) is 0 Å². The summed E-state index contributed by atoms with van der Waals surface area (Å²) in [4.78, 5) is 11.6. The second kappa shape index (κ2) is 6.97. The summed E-state index contributed by atoms with van der Waals surface area (Å²) in [5.74, 6) is 0.991. The van der Waals surface area contributed by atoms with Gasteiger partial charge in [0.2, 0.25) is 0 Å². The normalized spacial score (nSPS) is 25.5. The molecule has 0 amide bonds. The van der Waals surface area contributed by atoms with Crippen LogP contribution in [0.3, 0.4) is 0 Å². The zero-order valence-corrected chi connectivity index (χ0v) is 10.9. The molecule has 0 aromatic carbocycles. The summed E-state index contributed by atoms with van der Waals surface area (Å²) in [5, 5.41) is 9.11. The van der Waals surface area contributed by atoms with Crippen LogP contribution in [0.25, 0.3) is 0 Å². The molecule has 100 valence electrons. The molecule has 4 heteroatoms. The molecule has 0 aromatic heterocycles. The van der Waals surface area contributed by atoms with Gasteiger partial charge in [-0.15, -0.1) is 0 Å². The predicted molar refractivity (Wildman–Crippen MR) is 66.3 cm³/mol. The van der Waals surface area contributed by atoms with Gasteiger partial charge in [-0.25, -0.2) is 0 Å². The smallest absolute Gasteiger partial charge is 0.306 e. The van der Waals surface area contributed by atoms with Crippen molar-refractivity contribution in [2.24, 2.45) is 23.5 Å². The molecular weight excluding hydrogens is 218 g/mol. The number of carbonyl (C=O) groups is 1. The summed E-state index contributed by atoms with van der Waals surface area (Å²) in [6.45, 7) is 5.25. The third-order valence-corrected chi connectivity index (χ3v) is 3.28. The lowest BCUT2D eigenvalue weighted by atomic mass is 9.83. The van der Waals surface area contributed by atoms with E-state index in [2.05, 4.69) is 13.8 Å². The molecule has 17 heavy (non-hydrogen) atoms. The Hall–Kier alpha value is -0.610. The quantitative estimate of drug-likeness (QED) is 0.661. The van der Waals surface area contributed by atoms with Crippen molar-refractivity contribution >= 4 is 5.97 Å². The van der Waals surface area contributed by atoms with Gasteiger partial charge in [0.25, 0.3) is 0 Å². The molecule has 0 aliphatic heterocycles. The summed E-state index contributed by atoms with van der Waals surface area (Å²) in [6.07, 6.45) is 2.73. The topological polar surface area (TPSA) is 72.6 Å². The molecular formula is C13H25NO3. The summed E-state index contributed by atoms with van der Waals surface area (Å²) in [7, 11) is 0. The second-order valence-corrected chi connectivity index (χ2v) is 5.61. The molecule has 1 atom stereocenters. The Morgan fingerprint density at radius 2 is 2.12 bits per heavy atom. The first-order valence-electron chi connectivity index (χ1n) is 6.55. The summed E-state index contributed by atoms with van der Waals surface area (Å²) in [5.41, 5.74) is 5.64. The zero-order chi connectivity index (χ0) is 12.8. The Morgan fingerprint density at radius 3 is 2.59 bits per heavy atom. The Bertz CT molecular complexity index is 237. The highest BCUT2D eigenvalue weighted by atomic mass is 16.5. The van der Waals surface area contributed by atoms with Crippen molar-refractivity contribution in [1.82, 2.24) is 0 Å². The van der Waals surface area contributed by atoms with Gasteiger partial charge in [-0.3, -0.25) is 4.79 Å². The third-order valence-electron chi connectivity index (χ3n) is 3.28. The molecule has 0 bridgehead atoms. The van der Waals surface area contributed by atoms with Crippen LogP contribution in [0.1, 0.15) is 39.5 Å². The Kier molecular flexibility index (Phi) is 5.92. The van der Waals surface area contributed by atoms with Crippen molar-refractivity contribution in [2.45, 2.75) is 45.6 Å². The van der Waals surface area contributed by atoms with Crippen LogP contribution >= 0.6 is 0 Å². The number of esters is 1. The highest BCUT2D eigenvalue weighted by Crippen LogP contribution is 2.27. The summed E-state index contributed by atoms with van der Waals surface area (Å²) in [6, 6.07) is 0. The lowest BCUT2D eigenvalue weighted by Crippen LogP contribution is -2.32. The van der Waals surface area contributed by atoms with Gasteiger partial charge < -0.3 is 15.6 Å². The van der Waals surface area contributed by atoms with Crippen LogP contribution in [0.15, 0.2) is 0 Å². The average molecular weight is 243 g/mol. The van der Waals surface area contributed by atoms with E-state index >= 15 is 0 Å². The van der Waals surface area contributed by atoms with E-state index in [1.165, 1.54) is 0 Å². The lowest BCUT2D eigenvalue weighted by molar-refractivity contribution is -0.148. The minimum Gasteiger partial charge on any atom is -0.465 e. The summed E-state index contributed by atoms with van der Waals surface area (Å²) < 4.78 is 5.20. The van der Waals surface area contributed by atoms with Gasteiger partial charge >= 0.3 is 5.97 Å². The average Bonchev–Trinajstić information content (AvgIpc) is 2.21. The van der Waals surface area contributed by atoms with Gasteiger partial charge in [-0.2, -0.15) is 0 Å². The molecule has 1 saturated carbocycles. The Balaban J connectivity index is 2.14. The first-order valence-corrected chi connectivity index (χ1v) is 6.55. The monoisotopic (exact) mass is 243 g/mol. The molecule has 4 nitrogen and oxygen atoms in total. The van der Waals surface area contributed by atoms with Crippen molar-refractivity contribution in [3.63, 3.8) is 0 Å². The number of carbonyl (C=O) groups excluding carboxylic acids is 1. The van der Waals surface area contributed by atoms with E-state index in [0.29, 0.717) is 31.4 Å². The number of nitrogens with two attached hydrogens (primary N) is 1. The molecule has 0 spiro atoms. The van der Waals surface area contributed by atoms with E-state index in [1.54, 1.807) is 0 Å². The molecule has 1 fully saturated rings. The van der Waals surface area contributed by atoms with E-state index in [4.69, 9.17) is 15.6 Å². The van der Waals surface area contributed by atoms with Crippen molar-refractivity contribution in [1.29, 1.82) is 0 Å². The number of hydrogen-bond acceptors (Lipinski definition) is 4. The standard InChI is InChI=1S/C13H25NO3/c1-9(2)3-10(7-14)6-13(16)17-8-11-4-12(15)5-11/h9-12,15H,3-8,14H2,1-2H3/t10-,11?,12?/m0/s1. The molecule has 0 radical (unpaired) electrons. The van der Waals surface area contributed by atoms with Crippen LogP contribution in [-0.2, 0) is 9.53 Å². The van der Waals surface area contributed by atoms with Crippen LogP contribution in [0, 0.1) is 17.8 Å². The van der Waals surface area contributed by atoms with E-state index in [-0.39, 0.29) is 18.0 Å². The first-order chi connectivity index (χ1) is 8.01. The fraction of sp³-hybridized carbons (Fsp3) is 0.923. The SMILES string of the molecule is CC(C)C[C@H](CN)CC(=O)OCC1CC(O)C1. The number of aliphatic hydroxyl groups is 1. The maximum absolute atomic E-state index is 11.6. The van der Waals surface area contributed by atoms with Gasteiger partial charge in [0.1, 0.15) is 0 Å². The molecule has 3 N–H and O–H groups in total. The fourth-order valence-electron chi connectivity index (χ4n) is 2.27. The minimum atomic E-state index is -0.184. The van der Waals surface area contributed by atoms with Crippen molar-refractivity contribution in [2.75, 3.05) is 13.2 Å². The van der Waals surface area contributed by atoms with Gasteiger partial charge in [0.05, 0.1) is 12.7 Å². The Morgan fingerprint density at radius 1 is 1.47 bits per heavy atom. The molecule has 0 heterocycles. The summed E-state index contributed by atoms with van der Waals surface area (Å²) >= 11 is 0. The zero-order valence-electron chi connectivity index (χ0n) is 10.9. The van der Waals surface area contributed by atoms with E-state index in [1.807, 2.05) is 0 Å². The molecule has 0 unspecified atom stereocenters. The van der Waals surface area contributed by atoms with Gasteiger partial charge in [0.15, 0.2) is 0 Å². The van der Waals surface area contributed by atoms with Crippen LogP contribution < -0.4 is 5.73 Å². The molecule has 0 saturated heterocycles. The maximum Gasteiger partial charge on any atom is 0.306 e. The van der Waals surface area contributed by atoms with Crippen molar-refractivity contribution in [3.8, 4) is 0 Å². The minimum absolute atomic E-state index is 0.150. The lowest BCUT2D eigenvalue weighted by Gasteiger charge is -2.30. The number of aliphatic hydroxyl groups excluding tert-OH is 1. The number of rotatable bonds is 7. The van der Waals surface area contributed by atoms with Gasteiger partial charge in [-0.05, 0) is 43.6 Å². The second-order valence-electron chi connectivity index (χ2n) is 5.61. The van der Waals surface area contributed by atoms with Crippen LogP contribution in [0.4, 0.5) is 0 Å². The van der Waals surface area contributed by atoms with Crippen LogP contribution in [0.2, 0.25) is 0 Å². The maximum atomic E-state index is 11.6. The number of ether oxygens (including phenoxy) is 1. The van der Waals surface area contributed by atoms with E-state index in [0.717, 1.165) is 19.3 Å². The molecule has 0 aromatic rings. The number of hydrogen-bond donors (Lipinski definition) is 2. The third kappa shape index (κ3) is 5.50. The van der Waals surface area contributed by atoms with Gasteiger partial charge in [0, 0.05) is 6.42 Å². The largest absolute Gasteiger partial charge is 0.465 e. The van der Waals surface area contributed by atoms with Crippen LogP contribution in [-0.4, -0.2) is 30.3 Å².